The van der Waals surface area contributed by atoms with Crippen LogP contribution >= 0.6 is 0 Å². The Bertz CT molecular complexity index is 91.3. The van der Waals surface area contributed by atoms with E-state index in [0.29, 0.717) is 6.73 Å². The van der Waals surface area contributed by atoms with Gasteiger partial charge in [0, 0.05) is 13.2 Å². The molecule has 0 heterocycles. The SMILES string of the molecule is CC=CN(CC)COCC. The van der Waals surface area contributed by atoms with Crippen molar-refractivity contribution in [1.82, 2.24) is 4.90 Å². The summed E-state index contributed by atoms with van der Waals surface area (Å²) in [4.78, 5) is 2.11. The van der Waals surface area contributed by atoms with Crippen molar-refractivity contribution in [2.75, 3.05) is 19.9 Å². The van der Waals surface area contributed by atoms with E-state index in [0.717, 1.165) is 13.2 Å². The number of hydrogen-bond donors (Lipinski definition) is 0. The van der Waals surface area contributed by atoms with Crippen LogP contribution in [0.2, 0.25) is 0 Å². The van der Waals surface area contributed by atoms with Gasteiger partial charge in [-0.05, 0) is 27.0 Å². The van der Waals surface area contributed by atoms with Crippen LogP contribution in [0.25, 0.3) is 0 Å². The molecule has 0 fully saturated rings. The third kappa shape index (κ3) is 4.39. The molecule has 0 N–H and O–H groups in total. The van der Waals surface area contributed by atoms with Crippen LogP contribution in [-0.2, 0) is 4.74 Å². The van der Waals surface area contributed by atoms with Gasteiger partial charge in [0.2, 0.25) is 0 Å². The number of nitrogens with zero attached hydrogens (tertiary/aromatic N) is 1. The maximum absolute atomic E-state index is 5.21. The Morgan fingerprint density at radius 3 is 2.50 bits per heavy atom. The molecule has 0 rings (SSSR count). The van der Waals surface area contributed by atoms with Crippen LogP contribution < -0.4 is 0 Å². The van der Waals surface area contributed by atoms with Crippen LogP contribution in [0, 0.1) is 0 Å². The predicted molar refractivity (Wildman–Crippen MR) is 43.7 cm³/mol. The number of allylic oxidation sites excluding steroid dienone is 1. The Hall–Kier alpha value is -0.500. The first-order valence-electron chi connectivity index (χ1n) is 3.79. The van der Waals surface area contributed by atoms with Gasteiger partial charge in [-0.15, -0.1) is 0 Å². The second kappa shape index (κ2) is 6.62. The van der Waals surface area contributed by atoms with Gasteiger partial charge in [0.05, 0.1) is 0 Å². The summed E-state index contributed by atoms with van der Waals surface area (Å²) in [5.41, 5.74) is 0. The van der Waals surface area contributed by atoms with Gasteiger partial charge in [-0.1, -0.05) is 6.08 Å². The summed E-state index contributed by atoms with van der Waals surface area (Å²) in [5.74, 6) is 0. The van der Waals surface area contributed by atoms with Crippen LogP contribution in [0.4, 0.5) is 0 Å². The van der Waals surface area contributed by atoms with Crippen LogP contribution in [-0.4, -0.2) is 24.8 Å². The molecule has 2 nitrogen and oxygen atoms in total. The summed E-state index contributed by atoms with van der Waals surface area (Å²) < 4.78 is 5.21. The van der Waals surface area contributed by atoms with E-state index >= 15 is 0 Å². The Kier molecular flexibility index (Phi) is 6.29. The molecule has 0 amide bonds. The quantitative estimate of drug-likeness (QED) is 0.544. The standard InChI is InChI=1S/C8H17NO/c1-4-7-9(5-2)8-10-6-3/h4,7H,5-6,8H2,1-3H3. The molecule has 0 atom stereocenters. The van der Waals surface area contributed by atoms with E-state index < -0.39 is 0 Å². The molecule has 0 unspecified atom stereocenters. The zero-order valence-corrected chi connectivity index (χ0v) is 7.13. The highest BCUT2D eigenvalue weighted by Crippen LogP contribution is 1.89. The summed E-state index contributed by atoms with van der Waals surface area (Å²) in [7, 11) is 0. The van der Waals surface area contributed by atoms with Gasteiger partial charge in [-0.2, -0.15) is 0 Å². The fraction of sp³-hybridized carbons (Fsp3) is 0.750. The molecular formula is C8H17NO. The largest absolute Gasteiger partial charge is 0.361 e. The first kappa shape index (κ1) is 9.50. The minimum Gasteiger partial charge on any atom is -0.361 e. The van der Waals surface area contributed by atoms with Crippen molar-refractivity contribution in [1.29, 1.82) is 0 Å². The smallest absolute Gasteiger partial charge is 0.118 e. The Morgan fingerprint density at radius 2 is 2.10 bits per heavy atom. The second-order valence-corrected chi connectivity index (χ2v) is 2.01. The third-order valence-corrected chi connectivity index (χ3v) is 1.23. The van der Waals surface area contributed by atoms with Crippen molar-refractivity contribution in [3.05, 3.63) is 12.3 Å². The van der Waals surface area contributed by atoms with Crippen molar-refractivity contribution in [2.24, 2.45) is 0 Å². The van der Waals surface area contributed by atoms with E-state index in [1.165, 1.54) is 0 Å². The predicted octanol–water partition coefficient (Wildman–Crippen LogP) is 1.84. The summed E-state index contributed by atoms with van der Waals surface area (Å²) in [5, 5.41) is 0. The van der Waals surface area contributed by atoms with Gasteiger partial charge in [0.15, 0.2) is 0 Å². The first-order chi connectivity index (χ1) is 4.85. The Morgan fingerprint density at radius 1 is 1.40 bits per heavy atom. The summed E-state index contributed by atoms with van der Waals surface area (Å²) in [6.45, 7) is 8.62. The summed E-state index contributed by atoms with van der Waals surface area (Å²) in [6, 6.07) is 0. The second-order valence-electron chi connectivity index (χ2n) is 2.01. The van der Waals surface area contributed by atoms with E-state index in [-0.39, 0.29) is 0 Å². The fourth-order valence-corrected chi connectivity index (χ4v) is 0.659. The van der Waals surface area contributed by atoms with Crippen LogP contribution in [0.1, 0.15) is 20.8 Å². The Labute approximate surface area is 63.5 Å². The molecule has 10 heavy (non-hydrogen) atoms. The number of rotatable bonds is 5. The molecule has 0 aromatic heterocycles. The van der Waals surface area contributed by atoms with Crippen LogP contribution in [0.3, 0.4) is 0 Å². The van der Waals surface area contributed by atoms with Crippen molar-refractivity contribution in [2.45, 2.75) is 20.8 Å². The molecule has 0 bridgehead atoms. The van der Waals surface area contributed by atoms with Gasteiger partial charge >= 0.3 is 0 Å². The van der Waals surface area contributed by atoms with Crippen LogP contribution in [0.15, 0.2) is 12.3 Å². The van der Waals surface area contributed by atoms with E-state index in [2.05, 4.69) is 11.8 Å². The lowest BCUT2D eigenvalue weighted by Crippen LogP contribution is -2.19. The highest BCUT2D eigenvalue weighted by atomic mass is 16.5. The van der Waals surface area contributed by atoms with E-state index in [4.69, 9.17) is 4.74 Å². The van der Waals surface area contributed by atoms with Crippen molar-refractivity contribution < 1.29 is 4.74 Å². The molecule has 0 aromatic carbocycles. The number of hydrogen-bond acceptors (Lipinski definition) is 2. The first-order valence-corrected chi connectivity index (χ1v) is 3.79. The average Bonchev–Trinajstić information content (AvgIpc) is 1.98. The van der Waals surface area contributed by atoms with Gasteiger partial charge in [0.25, 0.3) is 0 Å². The lowest BCUT2D eigenvalue weighted by molar-refractivity contribution is 0.0652. The van der Waals surface area contributed by atoms with Crippen molar-refractivity contribution in [3.63, 3.8) is 0 Å². The molecule has 0 spiro atoms. The molecule has 0 saturated heterocycles. The van der Waals surface area contributed by atoms with E-state index in [9.17, 15) is 0 Å². The summed E-state index contributed by atoms with van der Waals surface area (Å²) >= 11 is 0. The molecule has 0 aliphatic heterocycles. The Balaban J connectivity index is 3.39. The lowest BCUT2D eigenvalue weighted by Gasteiger charge is -2.16. The molecule has 60 valence electrons. The average molecular weight is 143 g/mol. The van der Waals surface area contributed by atoms with Gasteiger partial charge in [-0.25, -0.2) is 0 Å². The minimum absolute atomic E-state index is 0.706. The summed E-state index contributed by atoms with van der Waals surface area (Å²) in [6.07, 6.45) is 4.05. The zero-order valence-electron chi connectivity index (χ0n) is 7.13. The topological polar surface area (TPSA) is 12.5 Å². The van der Waals surface area contributed by atoms with Gasteiger partial charge < -0.3 is 9.64 Å². The van der Waals surface area contributed by atoms with E-state index in [1.54, 1.807) is 0 Å². The van der Waals surface area contributed by atoms with Crippen molar-refractivity contribution in [3.8, 4) is 0 Å². The van der Waals surface area contributed by atoms with Gasteiger partial charge in [0.1, 0.15) is 6.73 Å². The molecule has 0 aromatic rings. The molecule has 0 aliphatic rings. The highest BCUT2D eigenvalue weighted by Gasteiger charge is 1.91. The molecule has 0 radical (unpaired) electrons. The molecule has 0 aliphatic carbocycles. The highest BCUT2D eigenvalue weighted by molar-refractivity contribution is 4.75. The maximum Gasteiger partial charge on any atom is 0.118 e. The van der Waals surface area contributed by atoms with Crippen molar-refractivity contribution >= 4 is 0 Å². The maximum atomic E-state index is 5.21. The van der Waals surface area contributed by atoms with E-state index in [1.807, 2.05) is 26.1 Å². The fourth-order valence-electron chi connectivity index (χ4n) is 0.659. The molecule has 2 heteroatoms. The normalized spacial score (nSPS) is 10.7. The molecular weight excluding hydrogens is 126 g/mol. The monoisotopic (exact) mass is 143 g/mol. The van der Waals surface area contributed by atoms with Gasteiger partial charge in [-0.3, -0.25) is 0 Å². The molecule has 0 saturated carbocycles. The van der Waals surface area contributed by atoms with Crippen LogP contribution in [0.5, 0.6) is 0 Å². The lowest BCUT2D eigenvalue weighted by atomic mass is 10.6. The zero-order chi connectivity index (χ0) is 7.82. The number of ether oxygens (including phenoxy) is 1. The minimum atomic E-state index is 0.706. The third-order valence-electron chi connectivity index (χ3n) is 1.23.